The van der Waals surface area contributed by atoms with Crippen molar-refractivity contribution in [3.8, 4) is 0 Å². The van der Waals surface area contributed by atoms with Crippen molar-refractivity contribution in [2.24, 2.45) is 5.73 Å². The molecule has 6 nitrogen and oxygen atoms in total. The third-order valence-electron chi connectivity index (χ3n) is 3.64. The summed E-state index contributed by atoms with van der Waals surface area (Å²) in [6.07, 6.45) is 0.345. The Kier molecular flexibility index (Phi) is 3.23. The van der Waals surface area contributed by atoms with Crippen LogP contribution in [0.4, 0.5) is 13.2 Å². The highest BCUT2D eigenvalue weighted by atomic mass is 19.4. The van der Waals surface area contributed by atoms with Crippen LogP contribution >= 0.6 is 0 Å². The molecule has 0 bridgehead atoms. The maximum atomic E-state index is 12.5. The zero-order chi connectivity index (χ0) is 15.1. The van der Waals surface area contributed by atoms with Gasteiger partial charge in [0.2, 0.25) is 5.89 Å². The molecule has 2 heterocycles. The predicted molar refractivity (Wildman–Crippen MR) is 65.0 cm³/mol. The van der Waals surface area contributed by atoms with Gasteiger partial charge >= 0.3 is 6.18 Å². The average molecular weight is 301 g/mol. The Morgan fingerprint density at radius 2 is 2.05 bits per heavy atom. The first-order valence-electron chi connectivity index (χ1n) is 6.59. The van der Waals surface area contributed by atoms with E-state index in [1.165, 1.54) is 6.20 Å². The average Bonchev–Trinajstić information content (AvgIpc) is 3.09. The number of hydrogen-bond donors (Lipinski definition) is 1. The second-order valence-electron chi connectivity index (χ2n) is 5.27. The summed E-state index contributed by atoms with van der Waals surface area (Å²) < 4.78 is 43.5. The van der Waals surface area contributed by atoms with Gasteiger partial charge in [0.1, 0.15) is 6.54 Å². The third-order valence-corrected chi connectivity index (χ3v) is 3.64. The minimum atomic E-state index is -4.46. The van der Waals surface area contributed by atoms with Gasteiger partial charge in [0, 0.05) is 6.20 Å². The summed E-state index contributed by atoms with van der Waals surface area (Å²) in [6.45, 7) is -0.0147. The summed E-state index contributed by atoms with van der Waals surface area (Å²) in [5.74, 6) is 0.608. The van der Waals surface area contributed by atoms with Crippen molar-refractivity contribution in [2.45, 2.75) is 43.9 Å². The lowest BCUT2D eigenvalue weighted by atomic mass is 9.99. The monoisotopic (exact) mass is 301 g/mol. The fourth-order valence-electron chi connectivity index (χ4n) is 2.49. The summed E-state index contributed by atoms with van der Waals surface area (Å²) >= 11 is 0. The largest absolute Gasteiger partial charge is 0.435 e. The van der Waals surface area contributed by atoms with Crippen molar-refractivity contribution in [3.63, 3.8) is 0 Å². The van der Waals surface area contributed by atoms with E-state index in [9.17, 15) is 13.2 Å². The van der Waals surface area contributed by atoms with Gasteiger partial charge in [-0.15, -0.1) is 0 Å². The predicted octanol–water partition coefficient (Wildman–Crippen LogP) is 2.06. The molecular formula is C12H14F3N5O. The van der Waals surface area contributed by atoms with Gasteiger partial charge in [-0.3, -0.25) is 4.68 Å². The third kappa shape index (κ3) is 2.78. The van der Waals surface area contributed by atoms with Crippen LogP contribution in [-0.2, 0) is 18.3 Å². The highest BCUT2D eigenvalue weighted by molar-refractivity contribution is 5.07. The molecule has 2 aromatic heterocycles. The Morgan fingerprint density at radius 3 is 2.67 bits per heavy atom. The first-order chi connectivity index (χ1) is 9.87. The van der Waals surface area contributed by atoms with Gasteiger partial charge in [-0.25, -0.2) is 0 Å². The molecule has 0 aromatic carbocycles. The van der Waals surface area contributed by atoms with Gasteiger partial charge < -0.3 is 10.3 Å². The van der Waals surface area contributed by atoms with Crippen LogP contribution in [-0.4, -0.2) is 19.9 Å². The minimum absolute atomic E-state index is 0.0147. The fraction of sp³-hybridized carbons (Fsp3) is 0.583. The number of nitrogens with zero attached hydrogens (tertiary/aromatic N) is 4. The van der Waals surface area contributed by atoms with E-state index in [4.69, 9.17) is 10.3 Å². The number of hydrogen-bond acceptors (Lipinski definition) is 5. The summed E-state index contributed by atoms with van der Waals surface area (Å²) in [4.78, 5) is 4.19. The highest BCUT2D eigenvalue weighted by Gasteiger charge is 2.36. The molecule has 0 spiro atoms. The molecule has 114 valence electrons. The van der Waals surface area contributed by atoms with E-state index >= 15 is 0 Å². The van der Waals surface area contributed by atoms with E-state index in [1.807, 2.05) is 0 Å². The van der Waals surface area contributed by atoms with Crippen LogP contribution < -0.4 is 5.73 Å². The van der Waals surface area contributed by atoms with E-state index in [-0.39, 0.29) is 12.4 Å². The Morgan fingerprint density at radius 1 is 1.33 bits per heavy atom. The lowest BCUT2D eigenvalue weighted by Crippen LogP contribution is -2.34. The lowest BCUT2D eigenvalue weighted by Gasteiger charge is -2.17. The second-order valence-corrected chi connectivity index (χ2v) is 5.27. The molecule has 0 unspecified atom stereocenters. The van der Waals surface area contributed by atoms with Gasteiger partial charge in [0.05, 0.1) is 5.54 Å². The zero-order valence-electron chi connectivity index (χ0n) is 11.1. The molecular weight excluding hydrogens is 287 g/mol. The van der Waals surface area contributed by atoms with E-state index in [0.29, 0.717) is 5.82 Å². The molecule has 2 aromatic rings. The number of alkyl halides is 3. The molecule has 0 radical (unpaired) electrons. The van der Waals surface area contributed by atoms with Crippen molar-refractivity contribution in [3.05, 3.63) is 29.7 Å². The Labute approximate surface area is 118 Å². The van der Waals surface area contributed by atoms with E-state index < -0.39 is 17.4 Å². The van der Waals surface area contributed by atoms with Crippen molar-refractivity contribution in [2.75, 3.05) is 0 Å². The summed E-state index contributed by atoms with van der Waals surface area (Å²) in [6, 6.07) is 0.901. The van der Waals surface area contributed by atoms with Crippen molar-refractivity contribution >= 4 is 0 Å². The highest BCUT2D eigenvalue weighted by Crippen LogP contribution is 2.34. The minimum Gasteiger partial charge on any atom is -0.337 e. The summed E-state index contributed by atoms with van der Waals surface area (Å²) in [7, 11) is 0. The van der Waals surface area contributed by atoms with Gasteiger partial charge in [-0.2, -0.15) is 23.3 Å². The van der Waals surface area contributed by atoms with E-state index in [0.717, 1.165) is 36.4 Å². The molecule has 0 amide bonds. The van der Waals surface area contributed by atoms with Gasteiger partial charge in [0.15, 0.2) is 11.5 Å². The molecule has 0 atom stereocenters. The van der Waals surface area contributed by atoms with Crippen molar-refractivity contribution in [1.82, 2.24) is 19.9 Å². The van der Waals surface area contributed by atoms with Crippen molar-refractivity contribution in [1.29, 1.82) is 0 Å². The summed E-state index contributed by atoms with van der Waals surface area (Å²) in [5.41, 5.74) is 4.66. The number of rotatable bonds is 3. The zero-order valence-corrected chi connectivity index (χ0v) is 11.1. The molecule has 0 aliphatic heterocycles. The lowest BCUT2D eigenvalue weighted by molar-refractivity contribution is -0.141. The standard InChI is InChI=1S/C12H14F3N5O/c13-12(14,15)8-3-6-20(18-8)7-9-17-10(19-21-9)11(16)4-1-2-5-11/h3,6H,1-2,4-5,7,16H2. The van der Waals surface area contributed by atoms with Gasteiger partial charge in [-0.05, 0) is 18.9 Å². The van der Waals surface area contributed by atoms with E-state index in [1.54, 1.807) is 0 Å². The van der Waals surface area contributed by atoms with Crippen LogP contribution in [0.25, 0.3) is 0 Å². The molecule has 1 fully saturated rings. The fourth-order valence-corrected chi connectivity index (χ4v) is 2.49. The number of halogens is 3. The Hall–Kier alpha value is -1.90. The molecule has 1 saturated carbocycles. The quantitative estimate of drug-likeness (QED) is 0.938. The molecule has 3 rings (SSSR count). The molecule has 1 aliphatic carbocycles. The van der Waals surface area contributed by atoms with Crippen LogP contribution in [0.5, 0.6) is 0 Å². The van der Waals surface area contributed by atoms with Crippen LogP contribution in [0.3, 0.4) is 0 Å². The second kappa shape index (κ2) is 4.83. The maximum Gasteiger partial charge on any atom is 0.435 e. The summed E-state index contributed by atoms with van der Waals surface area (Å²) in [5, 5.41) is 7.28. The van der Waals surface area contributed by atoms with Crippen LogP contribution in [0, 0.1) is 0 Å². The smallest absolute Gasteiger partial charge is 0.337 e. The number of aromatic nitrogens is 4. The normalized spacial score (nSPS) is 18.3. The van der Waals surface area contributed by atoms with E-state index in [2.05, 4.69) is 15.2 Å². The first kappa shape index (κ1) is 14.1. The molecule has 21 heavy (non-hydrogen) atoms. The Bertz CT molecular complexity index is 627. The van der Waals surface area contributed by atoms with Gasteiger partial charge in [0.25, 0.3) is 0 Å². The van der Waals surface area contributed by atoms with Crippen LogP contribution in [0.15, 0.2) is 16.8 Å². The topological polar surface area (TPSA) is 82.8 Å². The molecule has 0 saturated heterocycles. The molecule has 2 N–H and O–H groups in total. The van der Waals surface area contributed by atoms with Crippen molar-refractivity contribution < 1.29 is 17.7 Å². The van der Waals surface area contributed by atoms with Crippen LogP contribution in [0.1, 0.15) is 43.1 Å². The SMILES string of the molecule is NC1(c2noc(Cn3ccc(C(F)(F)F)n3)n2)CCCC1. The molecule has 9 heteroatoms. The Balaban J connectivity index is 1.74. The molecule has 1 aliphatic rings. The van der Waals surface area contributed by atoms with Gasteiger partial charge in [-0.1, -0.05) is 18.0 Å². The first-order valence-corrected chi connectivity index (χ1v) is 6.59. The number of nitrogens with two attached hydrogens (primary N) is 1. The maximum absolute atomic E-state index is 12.5. The van der Waals surface area contributed by atoms with Crippen LogP contribution in [0.2, 0.25) is 0 Å².